The Morgan fingerprint density at radius 2 is 1.92 bits per heavy atom. The highest BCUT2D eigenvalue weighted by atomic mass is 16.8. The summed E-state index contributed by atoms with van der Waals surface area (Å²) in [5.74, 6) is -1.16. The third-order valence-electron chi connectivity index (χ3n) is 4.33. The average Bonchev–Trinajstić information content (AvgIpc) is 2.98. The zero-order chi connectivity index (χ0) is 17.7. The number of esters is 1. The summed E-state index contributed by atoms with van der Waals surface area (Å²) in [5.41, 5.74) is 0. The minimum absolute atomic E-state index is 0.210. The number of unbranched alkanes of at least 4 members (excludes halogenated alkanes) is 4. The van der Waals surface area contributed by atoms with Crippen LogP contribution in [-0.2, 0) is 23.7 Å². The van der Waals surface area contributed by atoms with E-state index in [-0.39, 0.29) is 12.6 Å². The zero-order valence-corrected chi connectivity index (χ0v) is 14.8. The van der Waals surface area contributed by atoms with Gasteiger partial charge in [-0.1, -0.05) is 32.6 Å². The van der Waals surface area contributed by atoms with Crippen LogP contribution in [0.2, 0.25) is 0 Å². The molecule has 5 atom stereocenters. The van der Waals surface area contributed by atoms with Gasteiger partial charge in [-0.05, 0) is 20.3 Å². The highest BCUT2D eigenvalue weighted by molar-refractivity contribution is 5.69. The first kappa shape index (κ1) is 19.6. The molecule has 0 aromatic heterocycles. The molecule has 0 radical (unpaired) electrons. The van der Waals surface area contributed by atoms with Gasteiger partial charge in [-0.15, -0.1) is 0 Å². The smallest absolute Gasteiger partial charge is 0.305 e. The molecular weight excluding hydrogens is 316 g/mol. The number of aliphatic hydroxyl groups excluding tert-OH is 2. The molecule has 0 bridgehead atoms. The first-order chi connectivity index (χ1) is 11.3. The molecule has 7 heteroatoms. The predicted octanol–water partition coefficient (Wildman–Crippen LogP) is 1.49. The Bertz CT molecular complexity index is 412. The van der Waals surface area contributed by atoms with Crippen molar-refractivity contribution in [3.05, 3.63) is 0 Å². The molecule has 0 unspecified atom stereocenters. The second-order valence-electron chi connectivity index (χ2n) is 6.97. The van der Waals surface area contributed by atoms with Gasteiger partial charge in [0.1, 0.15) is 31.0 Å². The molecule has 24 heavy (non-hydrogen) atoms. The van der Waals surface area contributed by atoms with Crippen LogP contribution in [0.3, 0.4) is 0 Å². The minimum Gasteiger partial charge on any atom is -0.463 e. The lowest BCUT2D eigenvalue weighted by atomic mass is 10.1. The van der Waals surface area contributed by atoms with Gasteiger partial charge in [0.2, 0.25) is 0 Å². The summed E-state index contributed by atoms with van der Waals surface area (Å²) >= 11 is 0. The van der Waals surface area contributed by atoms with E-state index >= 15 is 0 Å². The number of fused-ring (bicyclic) bond motifs is 1. The van der Waals surface area contributed by atoms with Gasteiger partial charge in [0.15, 0.2) is 12.1 Å². The number of carbonyl (C=O) groups is 1. The SMILES string of the molecule is CCCCCCCC(=O)OC[C@@H](O)[C@H]1O[C@@H]2OC(C)(C)O[C@@H]2[C@H]1O. The summed E-state index contributed by atoms with van der Waals surface area (Å²) in [7, 11) is 0. The van der Waals surface area contributed by atoms with Crippen molar-refractivity contribution >= 4 is 5.97 Å². The molecule has 140 valence electrons. The Morgan fingerprint density at radius 3 is 2.58 bits per heavy atom. The van der Waals surface area contributed by atoms with Crippen LogP contribution in [-0.4, -0.2) is 59.3 Å². The number of hydrogen-bond acceptors (Lipinski definition) is 7. The molecule has 0 aliphatic carbocycles. The van der Waals surface area contributed by atoms with Crippen LogP contribution in [0, 0.1) is 0 Å². The summed E-state index contributed by atoms with van der Waals surface area (Å²) in [6, 6.07) is 0. The van der Waals surface area contributed by atoms with Crippen molar-refractivity contribution in [3.8, 4) is 0 Å². The van der Waals surface area contributed by atoms with Crippen molar-refractivity contribution in [2.75, 3.05) is 6.61 Å². The minimum atomic E-state index is -1.12. The molecule has 2 rings (SSSR count). The number of rotatable bonds is 9. The maximum Gasteiger partial charge on any atom is 0.305 e. The molecule has 0 amide bonds. The van der Waals surface area contributed by atoms with Gasteiger partial charge in [-0.3, -0.25) is 4.79 Å². The van der Waals surface area contributed by atoms with E-state index in [9.17, 15) is 15.0 Å². The highest BCUT2D eigenvalue weighted by Gasteiger charge is 2.56. The Hall–Kier alpha value is -0.730. The third-order valence-corrected chi connectivity index (χ3v) is 4.33. The van der Waals surface area contributed by atoms with E-state index in [2.05, 4.69) is 6.92 Å². The van der Waals surface area contributed by atoms with Crippen molar-refractivity contribution in [2.45, 2.75) is 95.8 Å². The van der Waals surface area contributed by atoms with E-state index in [0.717, 1.165) is 25.7 Å². The fourth-order valence-electron chi connectivity index (χ4n) is 3.05. The van der Waals surface area contributed by atoms with Crippen LogP contribution in [0.15, 0.2) is 0 Å². The number of hydrogen-bond donors (Lipinski definition) is 2. The quantitative estimate of drug-likeness (QED) is 0.482. The molecule has 2 heterocycles. The second kappa shape index (κ2) is 8.58. The van der Waals surface area contributed by atoms with Crippen molar-refractivity contribution in [1.29, 1.82) is 0 Å². The monoisotopic (exact) mass is 346 g/mol. The zero-order valence-electron chi connectivity index (χ0n) is 14.8. The maximum atomic E-state index is 11.7. The molecular formula is C17H30O7. The van der Waals surface area contributed by atoms with E-state index in [1.807, 2.05) is 0 Å². The van der Waals surface area contributed by atoms with Gasteiger partial charge in [0, 0.05) is 6.42 Å². The van der Waals surface area contributed by atoms with Crippen molar-refractivity contribution in [2.24, 2.45) is 0 Å². The third kappa shape index (κ3) is 5.13. The van der Waals surface area contributed by atoms with E-state index in [0.29, 0.717) is 6.42 Å². The summed E-state index contributed by atoms with van der Waals surface area (Å²) in [5, 5.41) is 20.3. The molecule has 2 aliphatic heterocycles. The first-order valence-electron chi connectivity index (χ1n) is 8.87. The Balaban J connectivity index is 1.66. The van der Waals surface area contributed by atoms with Crippen LogP contribution in [0.5, 0.6) is 0 Å². The van der Waals surface area contributed by atoms with Crippen LogP contribution >= 0.6 is 0 Å². The molecule has 2 N–H and O–H groups in total. The Labute approximate surface area is 143 Å². The number of aliphatic hydroxyl groups is 2. The van der Waals surface area contributed by atoms with Gasteiger partial charge in [-0.25, -0.2) is 0 Å². The molecule has 0 saturated carbocycles. The molecule has 7 nitrogen and oxygen atoms in total. The van der Waals surface area contributed by atoms with Gasteiger partial charge in [0.25, 0.3) is 0 Å². The maximum absolute atomic E-state index is 11.7. The van der Waals surface area contributed by atoms with E-state index < -0.39 is 36.5 Å². The van der Waals surface area contributed by atoms with Crippen molar-refractivity contribution in [3.63, 3.8) is 0 Å². The first-order valence-corrected chi connectivity index (χ1v) is 8.87. The summed E-state index contributed by atoms with van der Waals surface area (Å²) < 4.78 is 21.7. The fraction of sp³-hybridized carbons (Fsp3) is 0.941. The standard InChI is InChI=1S/C17H30O7/c1-4-5-6-7-8-9-12(19)21-10-11(18)14-13(20)15-16(22-14)24-17(2,3)23-15/h11,13-16,18,20H,4-10H2,1-3H3/t11-,13+,14-,15-,16-/m1/s1. The molecule has 2 saturated heterocycles. The lowest BCUT2D eigenvalue weighted by molar-refractivity contribution is -0.228. The highest BCUT2D eigenvalue weighted by Crippen LogP contribution is 2.38. The number of ether oxygens (including phenoxy) is 4. The van der Waals surface area contributed by atoms with Crippen LogP contribution < -0.4 is 0 Å². The van der Waals surface area contributed by atoms with E-state index in [1.165, 1.54) is 6.42 Å². The van der Waals surface area contributed by atoms with Crippen LogP contribution in [0.4, 0.5) is 0 Å². The molecule has 2 aliphatic rings. The summed E-state index contributed by atoms with van der Waals surface area (Å²) in [6.45, 7) is 5.39. The molecule has 2 fully saturated rings. The van der Waals surface area contributed by atoms with Gasteiger partial charge >= 0.3 is 5.97 Å². The summed E-state index contributed by atoms with van der Waals surface area (Å²) in [6.07, 6.45) is 1.18. The Morgan fingerprint density at radius 1 is 1.21 bits per heavy atom. The Kier molecular flexibility index (Phi) is 7.00. The topological polar surface area (TPSA) is 94.5 Å². The van der Waals surface area contributed by atoms with Crippen molar-refractivity contribution < 1.29 is 34.0 Å². The lowest BCUT2D eigenvalue weighted by Gasteiger charge is -2.25. The van der Waals surface area contributed by atoms with Crippen molar-refractivity contribution in [1.82, 2.24) is 0 Å². The normalized spacial score (nSPS) is 32.5. The average molecular weight is 346 g/mol. The van der Waals surface area contributed by atoms with E-state index in [1.54, 1.807) is 13.8 Å². The molecule has 0 spiro atoms. The van der Waals surface area contributed by atoms with Gasteiger partial charge < -0.3 is 29.2 Å². The van der Waals surface area contributed by atoms with E-state index in [4.69, 9.17) is 18.9 Å². The lowest BCUT2D eigenvalue weighted by Crippen LogP contribution is -2.43. The largest absolute Gasteiger partial charge is 0.463 e. The van der Waals surface area contributed by atoms with Crippen LogP contribution in [0.1, 0.15) is 59.3 Å². The molecule has 0 aromatic carbocycles. The summed E-state index contributed by atoms with van der Waals surface area (Å²) in [4.78, 5) is 11.7. The molecule has 0 aromatic rings. The fourth-order valence-corrected chi connectivity index (χ4v) is 3.05. The van der Waals surface area contributed by atoms with Gasteiger partial charge in [0.05, 0.1) is 0 Å². The number of carbonyl (C=O) groups excluding carboxylic acids is 1. The van der Waals surface area contributed by atoms with Crippen LogP contribution in [0.25, 0.3) is 0 Å². The van der Waals surface area contributed by atoms with Gasteiger partial charge in [-0.2, -0.15) is 0 Å². The second-order valence-corrected chi connectivity index (χ2v) is 6.97. The predicted molar refractivity (Wildman–Crippen MR) is 85.0 cm³/mol.